The van der Waals surface area contributed by atoms with Crippen LogP contribution in [0.25, 0.3) is 0 Å². The van der Waals surface area contributed by atoms with Gasteiger partial charge in [-0.05, 0) is 39.0 Å². The van der Waals surface area contributed by atoms with Crippen LogP contribution in [0.2, 0.25) is 0 Å². The number of Topliss-reactive ketones (excluding diaryl/α,β-unsaturated/α-hetero) is 1. The SMILES string of the molecule is CCn1c(C)cc(C(=O)COCCc2ccccn2)c1C. The quantitative estimate of drug-likeness (QED) is 0.580. The lowest BCUT2D eigenvalue weighted by molar-refractivity contribution is 0.0763. The lowest BCUT2D eigenvalue weighted by Crippen LogP contribution is -2.12. The summed E-state index contributed by atoms with van der Waals surface area (Å²) in [4.78, 5) is 16.4. The molecule has 0 saturated carbocycles. The van der Waals surface area contributed by atoms with E-state index >= 15 is 0 Å². The second-order valence-electron chi connectivity index (χ2n) is 5.08. The van der Waals surface area contributed by atoms with E-state index in [1.54, 1.807) is 6.20 Å². The van der Waals surface area contributed by atoms with Gasteiger partial charge in [0.2, 0.25) is 0 Å². The molecule has 0 aliphatic heterocycles. The van der Waals surface area contributed by atoms with Gasteiger partial charge in [-0.25, -0.2) is 0 Å². The number of rotatable bonds is 7. The standard InChI is InChI=1S/C17H22N2O2/c1-4-19-13(2)11-16(14(19)3)17(20)12-21-10-8-15-7-5-6-9-18-15/h5-7,9,11H,4,8,10,12H2,1-3H3. The molecule has 2 heterocycles. The van der Waals surface area contributed by atoms with E-state index in [1.807, 2.05) is 38.1 Å². The average Bonchev–Trinajstić information content (AvgIpc) is 2.79. The number of pyridine rings is 1. The van der Waals surface area contributed by atoms with Gasteiger partial charge in [-0.2, -0.15) is 0 Å². The third-order valence-electron chi connectivity index (χ3n) is 3.65. The Hall–Kier alpha value is -1.94. The summed E-state index contributed by atoms with van der Waals surface area (Å²) >= 11 is 0. The maximum absolute atomic E-state index is 12.2. The molecule has 2 rings (SSSR count). The predicted octanol–water partition coefficient (Wildman–Crippen LogP) is 2.96. The topological polar surface area (TPSA) is 44.1 Å². The van der Waals surface area contributed by atoms with Crippen molar-refractivity contribution in [3.8, 4) is 0 Å². The molecule has 4 nitrogen and oxygen atoms in total. The Bertz CT molecular complexity index is 603. The second kappa shape index (κ2) is 7.18. The third-order valence-corrected chi connectivity index (χ3v) is 3.65. The fraction of sp³-hybridized carbons (Fsp3) is 0.412. The molecular formula is C17H22N2O2. The first-order valence-electron chi connectivity index (χ1n) is 7.31. The molecule has 0 aliphatic carbocycles. The Morgan fingerprint density at radius 2 is 2.14 bits per heavy atom. The number of ketones is 1. The minimum Gasteiger partial charge on any atom is -0.373 e. The van der Waals surface area contributed by atoms with Crippen molar-refractivity contribution in [2.24, 2.45) is 0 Å². The Morgan fingerprint density at radius 1 is 1.33 bits per heavy atom. The van der Waals surface area contributed by atoms with Gasteiger partial charge in [0.15, 0.2) is 5.78 Å². The molecule has 21 heavy (non-hydrogen) atoms. The fourth-order valence-electron chi connectivity index (χ4n) is 2.54. The number of aromatic nitrogens is 2. The first kappa shape index (κ1) is 15.4. The third kappa shape index (κ3) is 3.79. The summed E-state index contributed by atoms with van der Waals surface area (Å²) < 4.78 is 7.63. The molecule has 0 aliphatic rings. The highest BCUT2D eigenvalue weighted by Crippen LogP contribution is 2.15. The zero-order chi connectivity index (χ0) is 15.2. The lowest BCUT2D eigenvalue weighted by Gasteiger charge is -2.06. The van der Waals surface area contributed by atoms with Crippen molar-refractivity contribution in [3.05, 3.63) is 53.1 Å². The molecule has 0 spiro atoms. The summed E-state index contributed by atoms with van der Waals surface area (Å²) in [5.41, 5.74) is 3.89. The molecule has 2 aromatic heterocycles. The highest BCUT2D eigenvalue weighted by molar-refractivity contribution is 5.98. The summed E-state index contributed by atoms with van der Waals surface area (Å²) in [5.74, 6) is 0.0452. The molecule has 0 saturated heterocycles. The molecule has 0 amide bonds. The molecular weight excluding hydrogens is 264 g/mol. The summed E-state index contributed by atoms with van der Waals surface area (Å²) in [7, 11) is 0. The van der Waals surface area contributed by atoms with Crippen molar-refractivity contribution in [2.75, 3.05) is 13.2 Å². The maximum atomic E-state index is 12.2. The van der Waals surface area contributed by atoms with Gasteiger partial charge in [-0.3, -0.25) is 9.78 Å². The molecule has 0 N–H and O–H groups in total. The normalized spacial score (nSPS) is 10.8. The maximum Gasteiger partial charge on any atom is 0.190 e. The summed E-state index contributed by atoms with van der Waals surface area (Å²) in [5, 5.41) is 0. The van der Waals surface area contributed by atoms with E-state index in [2.05, 4.69) is 16.5 Å². The number of carbonyl (C=O) groups is 1. The van der Waals surface area contributed by atoms with Crippen molar-refractivity contribution in [2.45, 2.75) is 33.7 Å². The molecule has 4 heteroatoms. The van der Waals surface area contributed by atoms with Gasteiger partial charge in [-0.15, -0.1) is 0 Å². The van der Waals surface area contributed by atoms with Gasteiger partial charge in [-0.1, -0.05) is 6.07 Å². The molecule has 0 bridgehead atoms. The summed E-state index contributed by atoms with van der Waals surface area (Å²) in [6, 6.07) is 7.74. The van der Waals surface area contributed by atoms with Crippen LogP contribution in [0.3, 0.4) is 0 Å². The zero-order valence-corrected chi connectivity index (χ0v) is 12.9. The van der Waals surface area contributed by atoms with Crippen LogP contribution in [0.1, 0.15) is 34.4 Å². The highest BCUT2D eigenvalue weighted by Gasteiger charge is 2.14. The number of aryl methyl sites for hydroxylation is 1. The Balaban J connectivity index is 1.85. The number of carbonyl (C=O) groups excluding carboxylic acids is 1. The van der Waals surface area contributed by atoms with Crippen LogP contribution in [0.4, 0.5) is 0 Å². The van der Waals surface area contributed by atoms with E-state index in [9.17, 15) is 4.79 Å². The van der Waals surface area contributed by atoms with Gasteiger partial charge in [0, 0.05) is 41.8 Å². The smallest absolute Gasteiger partial charge is 0.190 e. The lowest BCUT2D eigenvalue weighted by atomic mass is 10.1. The molecule has 0 aromatic carbocycles. The second-order valence-corrected chi connectivity index (χ2v) is 5.08. The van der Waals surface area contributed by atoms with Crippen LogP contribution in [0.5, 0.6) is 0 Å². The number of hydrogen-bond acceptors (Lipinski definition) is 3. The first-order valence-corrected chi connectivity index (χ1v) is 7.31. The van der Waals surface area contributed by atoms with E-state index < -0.39 is 0 Å². The molecule has 0 fully saturated rings. The van der Waals surface area contributed by atoms with Gasteiger partial charge in [0.25, 0.3) is 0 Å². The fourth-order valence-corrected chi connectivity index (χ4v) is 2.54. The Kier molecular flexibility index (Phi) is 5.28. The molecule has 112 valence electrons. The molecule has 0 unspecified atom stereocenters. The average molecular weight is 286 g/mol. The summed E-state index contributed by atoms with van der Waals surface area (Å²) in [6.45, 7) is 7.60. The van der Waals surface area contributed by atoms with E-state index in [4.69, 9.17) is 4.74 Å². The molecule has 0 atom stereocenters. The van der Waals surface area contributed by atoms with Crippen molar-refractivity contribution in [3.63, 3.8) is 0 Å². The monoisotopic (exact) mass is 286 g/mol. The highest BCUT2D eigenvalue weighted by atomic mass is 16.5. The van der Waals surface area contributed by atoms with Crippen LogP contribution >= 0.6 is 0 Å². The van der Waals surface area contributed by atoms with Crippen LogP contribution in [-0.4, -0.2) is 28.5 Å². The first-order chi connectivity index (χ1) is 10.1. The molecule has 0 radical (unpaired) electrons. The van der Waals surface area contributed by atoms with Gasteiger partial charge < -0.3 is 9.30 Å². The largest absolute Gasteiger partial charge is 0.373 e. The van der Waals surface area contributed by atoms with Crippen molar-refractivity contribution >= 4 is 5.78 Å². The molecule has 2 aromatic rings. The van der Waals surface area contributed by atoms with Crippen molar-refractivity contribution < 1.29 is 9.53 Å². The zero-order valence-electron chi connectivity index (χ0n) is 12.9. The summed E-state index contributed by atoms with van der Waals surface area (Å²) in [6.07, 6.45) is 2.49. The number of hydrogen-bond donors (Lipinski definition) is 0. The van der Waals surface area contributed by atoms with E-state index in [1.165, 1.54) is 0 Å². The van der Waals surface area contributed by atoms with Gasteiger partial charge >= 0.3 is 0 Å². The minimum absolute atomic E-state index is 0.0452. The van der Waals surface area contributed by atoms with Gasteiger partial charge in [0.1, 0.15) is 6.61 Å². The van der Waals surface area contributed by atoms with Crippen LogP contribution < -0.4 is 0 Å². The minimum atomic E-state index is 0.0452. The van der Waals surface area contributed by atoms with Crippen LogP contribution in [0.15, 0.2) is 30.5 Å². The van der Waals surface area contributed by atoms with Crippen LogP contribution in [0, 0.1) is 13.8 Å². The van der Waals surface area contributed by atoms with E-state index in [-0.39, 0.29) is 12.4 Å². The Labute approximate surface area is 125 Å². The van der Waals surface area contributed by atoms with Crippen molar-refractivity contribution in [1.82, 2.24) is 9.55 Å². The van der Waals surface area contributed by atoms with E-state index in [0.29, 0.717) is 6.61 Å². The van der Waals surface area contributed by atoms with Gasteiger partial charge in [0.05, 0.1) is 6.61 Å². The van der Waals surface area contributed by atoms with E-state index in [0.717, 1.165) is 35.6 Å². The van der Waals surface area contributed by atoms with Crippen LogP contribution in [-0.2, 0) is 17.7 Å². The predicted molar refractivity (Wildman–Crippen MR) is 82.7 cm³/mol. The van der Waals surface area contributed by atoms with Crippen molar-refractivity contribution in [1.29, 1.82) is 0 Å². The number of ether oxygens (including phenoxy) is 1. The Morgan fingerprint density at radius 3 is 2.76 bits per heavy atom. The number of nitrogens with zero attached hydrogens (tertiary/aromatic N) is 2.